The number of sulfonamides is 1. The monoisotopic (exact) mass is 645 g/mol. The van der Waals surface area contributed by atoms with Gasteiger partial charge in [0.05, 0.1) is 15.6 Å². The molecule has 7 nitrogen and oxygen atoms in total. The van der Waals surface area contributed by atoms with Crippen LogP contribution in [-0.4, -0.2) is 43.8 Å². The van der Waals surface area contributed by atoms with Crippen LogP contribution < -0.4 is 9.62 Å². The number of carbonyl (C=O) groups is 2. The molecule has 2 atom stereocenters. The van der Waals surface area contributed by atoms with Crippen molar-refractivity contribution in [2.45, 2.75) is 64.1 Å². The summed E-state index contributed by atoms with van der Waals surface area (Å²) in [5.41, 5.74) is 3.75. The van der Waals surface area contributed by atoms with Crippen LogP contribution in [0.1, 0.15) is 42.5 Å². The Morgan fingerprint density at radius 2 is 1.47 bits per heavy atom. The van der Waals surface area contributed by atoms with Gasteiger partial charge >= 0.3 is 0 Å². The van der Waals surface area contributed by atoms with Gasteiger partial charge in [0, 0.05) is 19.0 Å². The number of halogens is 1. The summed E-state index contributed by atoms with van der Waals surface area (Å²) in [4.78, 5) is 30.0. The summed E-state index contributed by atoms with van der Waals surface area (Å²) in [5.74, 6) is -0.838. The highest BCUT2D eigenvalue weighted by molar-refractivity contribution is 7.92. The predicted molar refractivity (Wildman–Crippen MR) is 181 cm³/mol. The average molecular weight is 646 g/mol. The molecular formula is C36H40ClN3O4S. The third-order valence-electron chi connectivity index (χ3n) is 7.88. The Kier molecular flexibility index (Phi) is 11.4. The fourth-order valence-corrected chi connectivity index (χ4v) is 6.69. The number of aryl methyl sites for hydroxylation is 2. The van der Waals surface area contributed by atoms with Crippen molar-refractivity contribution < 1.29 is 18.0 Å². The molecule has 4 aromatic carbocycles. The molecule has 0 radical (unpaired) electrons. The molecule has 0 bridgehead atoms. The van der Waals surface area contributed by atoms with Gasteiger partial charge in [-0.25, -0.2) is 8.42 Å². The SMILES string of the molecule is CC[C@H](C)NC(=O)[C@H](Cc1ccccc1)N(Cc1ccccc1C)C(=O)CN(c1ccccc1Cl)S(=O)(=O)c1ccc(C)cc1. The number of hydrogen-bond acceptors (Lipinski definition) is 4. The fraction of sp³-hybridized carbons (Fsp3) is 0.278. The minimum Gasteiger partial charge on any atom is -0.352 e. The lowest BCUT2D eigenvalue weighted by Crippen LogP contribution is -2.54. The molecule has 0 spiro atoms. The van der Waals surface area contributed by atoms with Gasteiger partial charge in [-0.1, -0.05) is 103 Å². The average Bonchev–Trinajstić information content (AvgIpc) is 3.03. The van der Waals surface area contributed by atoms with E-state index in [4.69, 9.17) is 11.6 Å². The van der Waals surface area contributed by atoms with Crippen LogP contribution in [0.2, 0.25) is 5.02 Å². The third-order valence-corrected chi connectivity index (χ3v) is 9.98. The summed E-state index contributed by atoms with van der Waals surface area (Å²) < 4.78 is 29.4. The first kappa shape index (κ1) is 33.7. The molecule has 0 aliphatic heterocycles. The first-order chi connectivity index (χ1) is 21.5. The molecular weight excluding hydrogens is 606 g/mol. The minimum absolute atomic E-state index is 0.0293. The maximum atomic E-state index is 14.6. The highest BCUT2D eigenvalue weighted by atomic mass is 35.5. The first-order valence-corrected chi connectivity index (χ1v) is 16.8. The number of carbonyl (C=O) groups excluding carboxylic acids is 2. The summed E-state index contributed by atoms with van der Waals surface area (Å²) in [6.07, 6.45) is 0.960. The van der Waals surface area contributed by atoms with Gasteiger partial charge in [0.25, 0.3) is 10.0 Å². The largest absolute Gasteiger partial charge is 0.352 e. The van der Waals surface area contributed by atoms with Crippen molar-refractivity contribution in [3.63, 3.8) is 0 Å². The van der Waals surface area contributed by atoms with Gasteiger partial charge in [0.2, 0.25) is 11.8 Å². The van der Waals surface area contributed by atoms with E-state index in [1.807, 2.05) is 82.3 Å². The van der Waals surface area contributed by atoms with Crippen molar-refractivity contribution in [2.75, 3.05) is 10.8 Å². The molecule has 0 aliphatic carbocycles. The number of anilines is 1. The standard InChI is InChI=1S/C36H40ClN3O4S/c1-5-28(4)38-36(42)34(23-29-14-7-6-8-15-29)39(24-30-16-10-9-13-27(30)3)35(41)25-40(33-18-12-11-17-32(33)37)45(43,44)31-21-19-26(2)20-22-31/h6-22,28,34H,5,23-25H2,1-4H3,(H,38,42)/t28-,34-/m0/s1. The third kappa shape index (κ3) is 8.53. The molecule has 9 heteroatoms. The van der Waals surface area contributed by atoms with Crippen molar-refractivity contribution in [3.8, 4) is 0 Å². The van der Waals surface area contributed by atoms with E-state index in [-0.39, 0.29) is 40.5 Å². The molecule has 45 heavy (non-hydrogen) atoms. The van der Waals surface area contributed by atoms with Crippen LogP contribution in [0.3, 0.4) is 0 Å². The molecule has 0 saturated heterocycles. The van der Waals surface area contributed by atoms with E-state index in [2.05, 4.69) is 5.32 Å². The van der Waals surface area contributed by atoms with Gasteiger partial charge in [-0.15, -0.1) is 0 Å². The van der Waals surface area contributed by atoms with E-state index in [0.29, 0.717) is 6.42 Å². The van der Waals surface area contributed by atoms with Gasteiger partial charge in [-0.3, -0.25) is 13.9 Å². The summed E-state index contributed by atoms with van der Waals surface area (Å²) >= 11 is 6.55. The van der Waals surface area contributed by atoms with Gasteiger partial charge in [-0.05, 0) is 68.1 Å². The van der Waals surface area contributed by atoms with Crippen LogP contribution in [0.5, 0.6) is 0 Å². The molecule has 4 rings (SSSR count). The lowest BCUT2D eigenvalue weighted by atomic mass is 10.0. The summed E-state index contributed by atoms with van der Waals surface area (Å²) in [6, 6.07) is 29.1. The highest BCUT2D eigenvalue weighted by Gasteiger charge is 2.35. The highest BCUT2D eigenvalue weighted by Crippen LogP contribution is 2.31. The minimum atomic E-state index is -4.23. The second-order valence-electron chi connectivity index (χ2n) is 11.2. The number of para-hydroxylation sites is 1. The first-order valence-electron chi connectivity index (χ1n) is 15.0. The van der Waals surface area contributed by atoms with E-state index < -0.39 is 28.5 Å². The van der Waals surface area contributed by atoms with Crippen molar-refractivity contribution >= 4 is 39.1 Å². The predicted octanol–water partition coefficient (Wildman–Crippen LogP) is 6.71. The quantitative estimate of drug-likeness (QED) is 0.175. The van der Waals surface area contributed by atoms with Crippen molar-refractivity contribution in [1.82, 2.24) is 10.2 Å². The zero-order valence-corrected chi connectivity index (χ0v) is 27.7. The summed E-state index contributed by atoms with van der Waals surface area (Å²) in [5, 5.41) is 3.24. The van der Waals surface area contributed by atoms with Crippen LogP contribution in [-0.2, 0) is 32.6 Å². The van der Waals surface area contributed by atoms with Crippen molar-refractivity contribution in [2.24, 2.45) is 0 Å². The fourth-order valence-electron chi connectivity index (χ4n) is 4.97. The zero-order chi connectivity index (χ0) is 32.6. The van der Waals surface area contributed by atoms with Gasteiger partial charge in [-0.2, -0.15) is 0 Å². The smallest absolute Gasteiger partial charge is 0.264 e. The van der Waals surface area contributed by atoms with E-state index in [1.165, 1.54) is 17.0 Å². The maximum Gasteiger partial charge on any atom is 0.264 e. The van der Waals surface area contributed by atoms with Crippen LogP contribution in [0.4, 0.5) is 5.69 Å². The van der Waals surface area contributed by atoms with Gasteiger partial charge in [0.15, 0.2) is 0 Å². The molecule has 0 aliphatic rings. The molecule has 0 fully saturated rings. The number of benzene rings is 4. The Bertz CT molecular complexity index is 1710. The number of nitrogens with one attached hydrogen (secondary N) is 1. The molecule has 0 aromatic heterocycles. The Labute approximate surface area is 271 Å². The van der Waals surface area contributed by atoms with E-state index in [0.717, 1.165) is 26.6 Å². The van der Waals surface area contributed by atoms with E-state index >= 15 is 0 Å². The molecule has 4 aromatic rings. The molecule has 0 heterocycles. The number of rotatable bonds is 13. The number of nitrogens with zero attached hydrogens (tertiary/aromatic N) is 2. The topological polar surface area (TPSA) is 86.8 Å². The Hall–Kier alpha value is -4.14. The number of amides is 2. The van der Waals surface area contributed by atoms with Crippen molar-refractivity contribution in [1.29, 1.82) is 0 Å². The summed E-state index contributed by atoms with van der Waals surface area (Å²) in [6.45, 7) is 7.25. The molecule has 1 N–H and O–H groups in total. The second kappa shape index (κ2) is 15.2. The normalized spacial score (nSPS) is 12.6. The van der Waals surface area contributed by atoms with Crippen LogP contribution in [0, 0.1) is 13.8 Å². The molecule has 236 valence electrons. The van der Waals surface area contributed by atoms with Gasteiger partial charge < -0.3 is 10.2 Å². The maximum absolute atomic E-state index is 14.6. The molecule has 0 saturated carbocycles. The Balaban J connectivity index is 1.83. The lowest BCUT2D eigenvalue weighted by molar-refractivity contribution is -0.140. The van der Waals surface area contributed by atoms with Crippen LogP contribution >= 0.6 is 11.6 Å². The Morgan fingerprint density at radius 1 is 0.844 bits per heavy atom. The van der Waals surface area contributed by atoms with E-state index in [9.17, 15) is 18.0 Å². The molecule has 0 unspecified atom stereocenters. The lowest BCUT2D eigenvalue weighted by Gasteiger charge is -2.34. The summed E-state index contributed by atoms with van der Waals surface area (Å²) in [7, 11) is -4.23. The second-order valence-corrected chi connectivity index (χ2v) is 13.5. The van der Waals surface area contributed by atoms with Crippen LogP contribution in [0.25, 0.3) is 0 Å². The zero-order valence-electron chi connectivity index (χ0n) is 26.1. The van der Waals surface area contributed by atoms with Crippen LogP contribution in [0.15, 0.2) is 108 Å². The molecule has 2 amide bonds. The Morgan fingerprint density at radius 3 is 2.11 bits per heavy atom. The number of hydrogen-bond donors (Lipinski definition) is 1. The van der Waals surface area contributed by atoms with Crippen molar-refractivity contribution in [3.05, 3.63) is 130 Å². The van der Waals surface area contributed by atoms with Gasteiger partial charge in [0.1, 0.15) is 12.6 Å². The van der Waals surface area contributed by atoms with E-state index in [1.54, 1.807) is 36.4 Å².